The molecule has 0 saturated carbocycles. The summed E-state index contributed by atoms with van der Waals surface area (Å²) in [6.07, 6.45) is 3.31. The van der Waals surface area contributed by atoms with E-state index in [2.05, 4.69) is 10.3 Å². The highest BCUT2D eigenvalue weighted by Crippen LogP contribution is 2.21. The van der Waals surface area contributed by atoms with Gasteiger partial charge in [0.15, 0.2) is 12.2 Å². The number of oxazole rings is 1. The molecule has 17 heavy (non-hydrogen) atoms. The number of nitrogens with zero attached hydrogens (tertiary/aromatic N) is 1. The van der Waals surface area contributed by atoms with Gasteiger partial charge in [0.25, 0.3) is 0 Å². The molecule has 0 spiro atoms. The summed E-state index contributed by atoms with van der Waals surface area (Å²) in [5.74, 6) is 0.571. The van der Waals surface area contributed by atoms with Gasteiger partial charge in [0.05, 0.1) is 6.20 Å². The fourth-order valence-corrected chi connectivity index (χ4v) is 1.46. The SMILES string of the molecule is NCCC(=O)Nc1cccc(-c2cnco2)c1. The smallest absolute Gasteiger partial charge is 0.225 e. The molecule has 5 heteroatoms. The van der Waals surface area contributed by atoms with E-state index in [9.17, 15) is 4.79 Å². The third kappa shape index (κ3) is 2.92. The van der Waals surface area contributed by atoms with E-state index in [0.717, 1.165) is 11.3 Å². The Hall–Kier alpha value is -2.14. The van der Waals surface area contributed by atoms with Gasteiger partial charge in [-0.25, -0.2) is 4.98 Å². The lowest BCUT2D eigenvalue weighted by atomic mass is 10.1. The summed E-state index contributed by atoms with van der Waals surface area (Å²) in [5, 5.41) is 2.76. The van der Waals surface area contributed by atoms with Crippen molar-refractivity contribution in [3.05, 3.63) is 36.9 Å². The Labute approximate surface area is 98.6 Å². The van der Waals surface area contributed by atoms with Gasteiger partial charge in [-0.3, -0.25) is 4.79 Å². The summed E-state index contributed by atoms with van der Waals surface area (Å²) in [6.45, 7) is 0.341. The summed E-state index contributed by atoms with van der Waals surface area (Å²) in [5.41, 5.74) is 6.89. The summed E-state index contributed by atoms with van der Waals surface area (Å²) >= 11 is 0. The molecular weight excluding hydrogens is 218 g/mol. The number of carbonyl (C=O) groups excluding carboxylic acids is 1. The van der Waals surface area contributed by atoms with Crippen LogP contribution in [0.15, 0.2) is 41.3 Å². The second-order valence-corrected chi connectivity index (χ2v) is 3.53. The van der Waals surface area contributed by atoms with Crippen molar-refractivity contribution in [3.8, 4) is 11.3 Å². The molecule has 0 unspecified atom stereocenters. The van der Waals surface area contributed by atoms with Crippen molar-refractivity contribution in [1.82, 2.24) is 4.98 Å². The zero-order chi connectivity index (χ0) is 12.1. The first kappa shape index (κ1) is 11.3. The number of hydrogen-bond acceptors (Lipinski definition) is 4. The van der Waals surface area contributed by atoms with Gasteiger partial charge in [-0.1, -0.05) is 12.1 Å². The van der Waals surface area contributed by atoms with Crippen LogP contribution in [0.5, 0.6) is 0 Å². The molecular formula is C12H13N3O2. The summed E-state index contributed by atoms with van der Waals surface area (Å²) in [6, 6.07) is 7.37. The molecule has 1 heterocycles. The number of benzene rings is 1. The molecule has 0 atom stereocenters. The lowest BCUT2D eigenvalue weighted by Crippen LogP contribution is -2.16. The van der Waals surface area contributed by atoms with E-state index in [-0.39, 0.29) is 5.91 Å². The van der Waals surface area contributed by atoms with Gasteiger partial charge in [0.1, 0.15) is 0 Å². The molecule has 0 aliphatic carbocycles. The normalized spacial score (nSPS) is 10.2. The predicted molar refractivity (Wildman–Crippen MR) is 64.2 cm³/mol. The van der Waals surface area contributed by atoms with Gasteiger partial charge >= 0.3 is 0 Å². The lowest BCUT2D eigenvalue weighted by Gasteiger charge is -2.05. The average Bonchev–Trinajstić information content (AvgIpc) is 2.83. The van der Waals surface area contributed by atoms with Crippen molar-refractivity contribution in [2.45, 2.75) is 6.42 Å². The summed E-state index contributed by atoms with van der Waals surface area (Å²) in [7, 11) is 0. The van der Waals surface area contributed by atoms with E-state index in [0.29, 0.717) is 18.7 Å². The molecule has 5 nitrogen and oxygen atoms in total. The zero-order valence-electron chi connectivity index (χ0n) is 9.22. The molecule has 0 aliphatic heterocycles. The van der Waals surface area contributed by atoms with Crippen LogP contribution in [-0.4, -0.2) is 17.4 Å². The van der Waals surface area contributed by atoms with Crippen LogP contribution >= 0.6 is 0 Å². The number of amides is 1. The maximum Gasteiger partial charge on any atom is 0.225 e. The molecule has 1 aromatic carbocycles. The van der Waals surface area contributed by atoms with Crippen molar-refractivity contribution < 1.29 is 9.21 Å². The molecule has 0 saturated heterocycles. The Morgan fingerprint density at radius 2 is 2.35 bits per heavy atom. The molecule has 1 amide bonds. The van der Waals surface area contributed by atoms with Gasteiger partial charge < -0.3 is 15.5 Å². The zero-order valence-corrected chi connectivity index (χ0v) is 9.22. The Kier molecular flexibility index (Phi) is 3.52. The minimum Gasteiger partial charge on any atom is -0.444 e. The standard InChI is InChI=1S/C12H13N3O2/c13-5-4-12(16)15-10-3-1-2-9(6-10)11-7-14-8-17-11/h1-3,6-8H,4-5,13H2,(H,15,16). The van der Waals surface area contributed by atoms with Crippen molar-refractivity contribution in [2.75, 3.05) is 11.9 Å². The summed E-state index contributed by atoms with van der Waals surface area (Å²) in [4.78, 5) is 15.2. The lowest BCUT2D eigenvalue weighted by molar-refractivity contribution is -0.116. The fourth-order valence-electron chi connectivity index (χ4n) is 1.46. The van der Waals surface area contributed by atoms with Crippen LogP contribution in [0, 0.1) is 0 Å². The van der Waals surface area contributed by atoms with E-state index in [1.807, 2.05) is 24.3 Å². The van der Waals surface area contributed by atoms with Crippen LogP contribution < -0.4 is 11.1 Å². The van der Waals surface area contributed by atoms with E-state index < -0.39 is 0 Å². The highest BCUT2D eigenvalue weighted by atomic mass is 16.3. The molecule has 0 aliphatic rings. The Balaban J connectivity index is 2.15. The van der Waals surface area contributed by atoms with E-state index in [1.54, 1.807) is 6.20 Å². The largest absolute Gasteiger partial charge is 0.444 e. The number of rotatable bonds is 4. The van der Waals surface area contributed by atoms with Crippen molar-refractivity contribution in [2.24, 2.45) is 5.73 Å². The van der Waals surface area contributed by atoms with Gasteiger partial charge in [0, 0.05) is 24.2 Å². The van der Waals surface area contributed by atoms with Crippen LogP contribution in [0.1, 0.15) is 6.42 Å². The number of nitrogens with two attached hydrogens (primary N) is 1. The molecule has 0 radical (unpaired) electrons. The monoisotopic (exact) mass is 231 g/mol. The summed E-state index contributed by atoms with van der Waals surface area (Å²) < 4.78 is 5.18. The predicted octanol–water partition coefficient (Wildman–Crippen LogP) is 1.63. The van der Waals surface area contributed by atoms with Gasteiger partial charge in [-0.15, -0.1) is 0 Å². The van der Waals surface area contributed by atoms with Crippen LogP contribution in [0.3, 0.4) is 0 Å². The second-order valence-electron chi connectivity index (χ2n) is 3.53. The number of aromatic nitrogens is 1. The molecule has 1 aromatic heterocycles. The van der Waals surface area contributed by atoms with Gasteiger partial charge in [0.2, 0.25) is 5.91 Å². The van der Waals surface area contributed by atoms with Crippen molar-refractivity contribution in [1.29, 1.82) is 0 Å². The van der Waals surface area contributed by atoms with E-state index in [1.165, 1.54) is 6.39 Å². The maximum atomic E-state index is 11.4. The number of nitrogens with one attached hydrogen (secondary N) is 1. The van der Waals surface area contributed by atoms with E-state index >= 15 is 0 Å². The molecule has 0 fully saturated rings. The Morgan fingerprint density at radius 1 is 1.47 bits per heavy atom. The molecule has 2 rings (SSSR count). The third-order valence-electron chi connectivity index (χ3n) is 2.23. The number of carbonyl (C=O) groups is 1. The average molecular weight is 231 g/mol. The first-order chi connectivity index (χ1) is 8.29. The Bertz CT molecular complexity index is 494. The third-order valence-corrected chi connectivity index (χ3v) is 2.23. The molecule has 2 aromatic rings. The first-order valence-electron chi connectivity index (χ1n) is 5.28. The topological polar surface area (TPSA) is 81.2 Å². The molecule has 88 valence electrons. The second kappa shape index (κ2) is 5.27. The van der Waals surface area contributed by atoms with Crippen LogP contribution in [0.4, 0.5) is 5.69 Å². The maximum absolute atomic E-state index is 11.4. The minimum absolute atomic E-state index is 0.0952. The Morgan fingerprint density at radius 3 is 3.06 bits per heavy atom. The highest BCUT2D eigenvalue weighted by molar-refractivity contribution is 5.91. The first-order valence-corrected chi connectivity index (χ1v) is 5.28. The number of hydrogen-bond donors (Lipinski definition) is 2. The van der Waals surface area contributed by atoms with Gasteiger partial charge in [-0.05, 0) is 12.1 Å². The van der Waals surface area contributed by atoms with Crippen molar-refractivity contribution >= 4 is 11.6 Å². The van der Waals surface area contributed by atoms with Gasteiger partial charge in [-0.2, -0.15) is 0 Å². The van der Waals surface area contributed by atoms with Crippen molar-refractivity contribution in [3.63, 3.8) is 0 Å². The quantitative estimate of drug-likeness (QED) is 0.837. The van der Waals surface area contributed by atoms with E-state index in [4.69, 9.17) is 10.2 Å². The molecule has 0 bridgehead atoms. The molecule has 3 N–H and O–H groups in total. The highest BCUT2D eigenvalue weighted by Gasteiger charge is 2.04. The van der Waals surface area contributed by atoms with Crippen LogP contribution in [0.25, 0.3) is 11.3 Å². The fraction of sp³-hybridized carbons (Fsp3) is 0.167. The van der Waals surface area contributed by atoms with Crippen LogP contribution in [0.2, 0.25) is 0 Å². The van der Waals surface area contributed by atoms with Crippen LogP contribution in [-0.2, 0) is 4.79 Å². The minimum atomic E-state index is -0.0952. The number of anilines is 1.